The summed E-state index contributed by atoms with van der Waals surface area (Å²) in [5.41, 5.74) is 0. The first-order chi connectivity index (χ1) is 12.0. The molecule has 26 heavy (non-hydrogen) atoms. The van der Waals surface area contributed by atoms with Gasteiger partial charge in [-0.2, -0.15) is 0 Å². The third-order valence-electron chi connectivity index (χ3n) is 4.58. The Morgan fingerprint density at radius 1 is 1.31 bits per heavy atom. The van der Waals surface area contributed by atoms with E-state index in [1.54, 1.807) is 14.1 Å². The molecule has 0 aliphatic carbocycles. The highest BCUT2D eigenvalue weighted by Gasteiger charge is 2.26. The molecule has 0 radical (unpaired) electrons. The van der Waals surface area contributed by atoms with Gasteiger partial charge in [0.15, 0.2) is 5.96 Å². The van der Waals surface area contributed by atoms with Crippen molar-refractivity contribution < 1.29 is 14.3 Å². The van der Waals surface area contributed by atoms with E-state index in [9.17, 15) is 9.59 Å². The molecule has 2 aliphatic rings. The normalized spacial score (nSPS) is 22.7. The van der Waals surface area contributed by atoms with Crippen molar-refractivity contribution in [3.05, 3.63) is 0 Å². The molecule has 2 aliphatic heterocycles. The summed E-state index contributed by atoms with van der Waals surface area (Å²) in [6.45, 7) is 4.90. The van der Waals surface area contributed by atoms with E-state index in [1.807, 2.05) is 11.8 Å². The number of likely N-dealkylation sites (tertiary alicyclic amines) is 1. The fourth-order valence-corrected chi connectivity index (χ4v) is 2.98. The molecule has 0 saturated carbocycles. The van der Waals surface area contributed by atoms with E-state index in [2.05, 4.69) is 15.6 Å². The van der Waals surface area contributed by atoms with Crippen molar-refractivity contribution >= 4 is 41.8 Å². The van der Waals surface area contributed by atoms with Crippen LogP contribution in [0.5, 0.6) is 0 Å². The van der Waals surface area contributed by atoms with Gasteiger partial charge >= 0.3 is 0 Å². The molecule has 2 fully saturated rings. The van der Waals surface area contributed by atoms with E-state index in [1.165, 1.54) is 4.90 Å². The van der Waals surface area contributed by atoms with Crippen LogP contribution in [0.1, 0.15) is 32.6 Å². The van der Waals surface area contributed by atoms with E-state index < -0.39 is 0 Å². The maximum Gasteiger partial charge on any atom is 0.243 e. The van der Waals surface area contributed by atoms with Gasteiger partial charge in [-0.1, -0.05) is 6.92 Å². The lowest BCUT2D eigenvalue weighted by Gasteiger charge is -2.20. The smallest absolute Gasteiger partial charge is 0.243 e. The van der Waals surface area contributed by atoms with Gasteiger partial charge < -0.3 is 25.2 Å². The number of aliphatic imine (C=N–C) groups is 1. The zero-order chi connectivity index (χ0) is 18.2. The summed E-state index contributed by atoms with van der Waals surface area (Å²) in [7, 11) is 3.44. The second-order valence-corrected chi connectivity index (χ2v) is 6.79. The van der Waals surface area contributed by atoms with Crippen molar-refractivity contribution in [2.24, 2.45) is 4.99 Å². The zero-order valence-corrected chi connectivity index (χ0v) is 18.3. The molecule has 2 amide bonds. The Morgan fingerprint density at radius 3 is 2.69 bits per heavy atom. The standard InChI is InChI=1S/C17H31N5O3.HI/c1-4-15(23)22-8-7-13(12-22)20-17(19-11-16(24)21(2)3)18-10-14-6-5-9-25-14;/h13-14H,4-12H2,1-3H3,(H2,18,19,20);1H. The number of hydrogen-bond acceptors (Lipinski definition) is 4. The molecular weight excluding hydrogens is 449 g/mol. The third kappa shape index (κ3) is 7.26. The van der Waals surface area contributed by atoms with Crippen molar-refractivity contribution in [2.45, 2.75) is 44.8 Å². The lowest BCUT2D eigenvalue weighted by molar-refractivity contribution is -0.130. The summed E-state index contributed by atoms with van der Waals surface area (Å²) in [6.07, 6.45) is 3.73. The number of amides is 2. The van der Waals surface area contributed by atoms with Crippen LogP contribution in [0.3, 0.4) is 0 Å². The Hall–Kier alpha value is -1.10. The van der Waals surface area contributed by atoms with Gasteiger partial charge in [0.05, 0.1) is 6.10 Å². The Morgan fingerprint density at radius 2 is 2.08 bits per heavy atom. The molecule has 0 aromatic heterocycles. The Bertz CT molecular complexity index is 495. The molecule has 0 aromatic carbocycles. The summed E-state index contributed by atoms with van der Waals surface area (Å²) in [6, 6.07) is 0.153. The molecule has 0 bridgehead atoms. The minimum atomic E-state index is -0.0487. The zero-order valence-electron chi connectivity index (χ0n) is 16.0. The van der Waals surface area contributed by atoms with Crippen molar-refractivity contribution in [2.75, 3.05) is 46.9 Å². The first-order valence-electron chi connectivity index (χ1n) is 9.14. The monoisotopic (exact) mass is 481 g/mol. The van der Waals surface area contributed by atoms with Gasteiger partial charge in [0.1, 0.15) is 6.54 Å². The second kappa shape index (κ2) is 11.6. The van der Waals surface area contributed by atoms with Crippen LogP contribution >= 0.6 is 24.0 Å². The third-order valence-corrected chi connectivity index (χ3v) is 4.58. The van der Waals surface area contributed by atoms with Crippen LogP contribution in [0.15, 0.2) is 4.99 Å². The largest absolute Gasteiger partial charge is 0.376 e. The average molecular weight is 481 g/mol. The molecule has 2 saturated heterocycles. The molecule has 2 heterocycles. The molecule has 2 rings (SSSR count). The number of carbonyl (C=O) groups is 2. The first kappa shape index (κ1) is 22.9. The van der Waals surface area contributed by atoms with Crippen LogP contribution in [0, 0.1) is 0 Å². The number of nitrogens with one attached hydrogen (secondary N) is 2. The fraction of sp³-hybridized carbons (Fsp3) is 0.824. The number of guanidine groups is 1. The van der Waals surface area contributed by atoms with Crippen LogP contribution in [-0.4, -0.2) is 86.6 Å². The van der Waals surface area contributed by atoms with Crippen LogP contribution in [0.25, 0.3) is 0 Å². The van der Waals surface area contributed by atoms with Gasteiger partial charge in [0, 0.05) is 52.8 Å². The van der Waals surface area contributed by atoms with Crippen molar-refractivity contribution in [1.82, 2.24) is 20.4 Å². The van der Waals surface area contributed by atoms with E-state index in [-0.39, 0.29) is 54.5 Å². The fourth-order valence-electron chi connectivity index (χ4n) is 2.98. The number of halogens is 1. The van der Waals surface area contributed by atoms with E-state index in [0.29, 0.717) is 25.5 Å². The molecule has 2 N–H and O–H groups in total. The van der Waals surface area contributed by atoms with E-state index in [0.717, 1.165) is 32.4 Å². The number of rotatable bonds is 6. The summed E-state index contributed by atoms with van der Waals surface area (Å²) in [5, 5.41) is 6.64. The lowest BCUT2D eigenvalue weighted by Crippen LogP contribution is -2.47. The van der Waals surface area contributed by atoms with Crippen LogP contribution in [-0.2, 0) is 14.3 Å². The summed E-state index contributed by atoms with van der Waals surface area (Å²) < 4.78 is 5.63. The van der Waals surface area contributed by atoms with Gasteiger partial charge in [-0.25, -0.2) is 4.99 Å². The predicted octanol–water partition coefficient (Wildman–Crippen LogP) is 0.418. The molecule has 0 aromatic rings. The van der Waals surface area contributed by atoms with Crippen molar-refractivity contribution in [3.8, 4) is 0 Å². The number of ether oxygens (including phenoxy) is 1. The van der Waals surface area contributed by atoms with Gasteiger partial charge in [0.25, 0.3) is 0 Å². The van der Waals surface area contributed by atoms with Crippen LogP contribution in [0.2, 0.25) is 0 Å². The van der Waals surface area contributed by atoms with Gasteiger partial charge in [-0.3, -0.25) is 9.59 Å². The average Bonchev–Trinajstić information content (AvgIpc) is 3.27. The van der Waals surface area contributed by atoms with E-state index >= 15 is 0 Å². The summed E-state index contributed by atoms with van der Waals surface area (Å²) >= 11 is 0. The molecule has 9 heteroatoms. The van der Waals surface area contributed by atoms with Crippen molar-refractivity contribution in [1.29, 1.82) is 0 Å². The molecular formula is C17H32IN5O3. The maximum atomic E-state index is 11.8. The van der Waals surface area contributed by atoms with Crippen LogP contribution in [0.4, 0.5) is 0 Å². The number of carbonyl (C=O) groups excluding carboxylic acids is 2. The summed E-state index contributed by atoms with van der Waals surface area (Å²) in [5.74, 6) is 0.742. The van der Waals surface area contributed by atoms with Gasteiger partial charge in [-0.15, -0.1) is 24.0 Å². The lowest BCUT2D eigenvalue weighted by atomic mass is 10.2. The van der Waals surface area contributed by atoms with Gasteiger partial charge in [0.2, 0.25) is 11.8 Å². The maximum absolute atomic E-state index is 11.8. The topological polar surface area (TPSA) is 86.3 Å². The molecule has 8 nitrogen and oxygen atoms in total. The van der Waals surface area contributed by atoms with E-state index in [4.69, 9.17) is 4.74 Å². The summed E-state index contributed by atoms with van der Waals surface area (Å²) in [4.78, 5) is 31.4. The molecule has 2 unspecified atom stereocenters. The number of likely N-dealkylation sites (N-methyl/N-ethyl adjacent to an activating group) is 1. The SMILES string of the molecule is CCC(=O)N1CCC(NC(=NCC(=O)N(C)C)NCC2CCCO2)C1.I. The number of nitrogens with zero attached hydrogens (tertiary/aromatic N) is 3. The minimum absolute atomic E-state index is 0. The Balaban J connectivity index is 0.00000338. The highest BCUT2D eigenvalue weighted by molar-refractivity contribution is 14.0. The first-order valence-corrected chi connectivity index (χ1v) is 9.14. The van der Waals surface area contributed by atoms with Crippen LogP contribution < -0.4 is 10.6 Å². The number of hydrogen-bond donors (Lipinski definition) is 2. The van der Waals surface area contributed by atoms with Gasteiger partial charge in [-0.05, 0) is 19.3 Å². The highest BCUT2D eigenvalue weighted by Crippen LogP contribution is 2.12. The second-order valence-electron chi connectivity index (χ2n) is 6.79. The Kier molecular flexibility index (Phi) is 10.2. The molecule has 0 spiro atoms. The predicted molar refractivity (Wildman–Crippen MR) is 112 cm³/mol. The molecule has 150 valence electrons. The highest BCUT2D eigenvalue weighted by atomic mass is 127. The van der Waals surface area contributed by atoms with Crippen molar-refractivity contribution in [3.63, 3.8) is 0 Å². The minimum Gasteiger partial charge on any atom is -0.376 e. The molecule has 2 atom stereocenters. The quantitative estimate of drug-likeness (QED) is 0.326. The Labute approximate surface area is 173 Å².